The first kappa shape index (κ1) is 13.3. The van der Waals surface area contributed by atoms with Gasteiger partial charge in [-0.05, 0) is 26.9 Å². The number of aliphatic imine (C=N–C) groups is 1. The summed E-state index contributed by atoms with van der Waals surface area (Å²) in [5.74, 6) is 0.189. The largest absolute Gasteiger partial charge is 0.302 e. The lowest BCUT2D eigenvalue weighted by Gasteiger charge is -2.16. The fraction of sp³-hybridized carbons (Fsp3) is 0.818. The fourth-order valence-corrected chi connectivity index (χ4v) is 1.34. The third kappa shape index (κ3) is 6.78. The van der Waals surface area contributed by atoms with Crippen LogP contribution in [-0.4, -0.2) is 42.6 Å². The molecule has 0 aromatic carbocycles. The van der Waals surface area contributed by atoms with Gasteiger partial charge in [-0.2, -0.15) is 0 Å². The van der Waals surface area contributed by atoms with Gasteiger partial charge in [0.2, 0.25) is 0 Å². The first-order chi connectivity index (χ1) is 6.60. The van der Waals surface area contributed by atoms with E-state index < -0.39 is 0 Å². The van der Waals surface area contributed by atoms with Gasteiger partial charge < -0.3 is 4.90 Å². The zero-order valence-corrected chi connectivity index (χ0v) is 9.84. The third-order valence-corrected chi connectivity index (χ3v) is 2.20. The van der Waals surface area contributed by atoms with Crippen molar-refractivity contribution in [3.05, 3.63) is 0 Å². The van der Waals surface area contributed by atoms with Crippen LogP contribution in [0.4, 0.5) is 0 Å². The normalized spacial score (nSPS) is 12.2. The standard InChI is InChI=1S/C11H22N2O/c1-5-13(6-2)8-7-12-10(3)9-11(4)14/h5-9H2,1-4H3. The van der Waals surface area contributed by atoms with Gasteiger partial charge >= 0.3 is 0 Å². The molecule has 0 spiro atoms. The van der Waals surface area contributed by atoms with E-state index in [-0.39, 0.29) is 5.78 Å². The lowest BCUT2D eigenvalue weighted by molar-refractivity contribution is -0.115. The summed E-state index contributed by atoms with van der Waals surface area (Å²) in [6.07, 6.45) is 0.498. The molecule has 3 nitrogen and oxygen atoms in total. The topological polar surface area (TPSA) is 32.7 Å². The number of hydrogen-bond acceptors (Lipinski definition) is 3. The summed E-state index contributed by atoms with van der Waals surface area (Å²) in [6.45, 7) is 11.7. The minimum Gasteiger partial charge on any atom is -0.302 e. The number of ketones is 1. The van der Waals surface area contributed by atoms with Crippen molar-refractivity contribution in [3.8, 4) is 0 Å². The Kier molecular flexibility index (Phi) is 7.30. The molecule has 0 unspecified atom stereocenters. The van der Waals surface area contributed by atoms with Crippen molar-refractivity contribution in [1.82, 2.24) is 4.90 Å². The van der Waals surface area contributed by atoms with Crippen molar-refractivity contribution < 1.29 is 4.79 Å². The SMILES string of the molecule is CCN(CC)CCN=C(C)CC(C)=O. The zero-order valence-electron chi connectivity index (χ0n) is 9.84. The third-order valence-electron chi connectivity index (χ3n) is 2.20. The smallest absolute Gasteiger partial charge is 0.135 e. The summed E-state index contributed by atoms with van der Waals surface area (Å²) in [7, 11) is 0. The zero-order chi connectivity index (χ0) is 11.0. The maximum absolute atomic E-state index is 10.8. The molecule has 14 heavy (non-hydrogen) atoms. The first-order valence-electron chi connectivity index (χ1n) is 5.31. The molecule has 0 bridgehead atoms. The van der Waals surface area contributed by atoms with E-state index in [4.69, 9.17) is 0 Å². The summed E-state index contributed by atoms with van der Waals surface area (Å²) >= 11 is 0. The molecular weight excluding hydrogens is 176 g/mol. The van der Waals surface area contributed by atoms with E-state index in [9.17, 15) is 4.79 Å². The molecule has 0 aliphatic rings. The van der Waals surface area contributed by atoms with E-state index in [0.717, 1.165) is 31.9 Å². The molecule has 0 saturated carbocycles. The van der Waals surface area contributed by atoms with Crippen LogP contribution in [0.2, 0.25) is 0 Å². The Balaban J connectivity index is 3.74. The Morgan fingerprint density at radius 3 is 2.21 bits per heavy atom. The molecule has 0 amide bonds. The molecule has 0 aliphatic heterocycles. The molecule has 0 aromatic heterocycles. The Labute approximate surface area is 87.2 Å². The molecule has 0 rings (SSSR count). The summed E-state index contributed by atoms with van der Waals surface area (Å²) < 4.78 is 0. The number of nitrogens with zero attached hydrogens (tertiary/aromatic N) is 2. The second-order valence-electron chi connectivity index (χ2n) is 3.52. The number of carbonyl (C=O) groups is 1. The quantitative estimate of drug-likeness (QED) is 0.584. The number of carbonyl (C=O) groups excluding carboxylic acids is 1. The predicted octanol–water partition coefficient (Wildman–Crippen LogP) is 1.77. The van der Waals surface area contributed by atoms with Gasteiger partial charge in [-0.3, -0.25) is 9.79 Å². The van der Waals surface area contributed by atoms with E-state index in [0.29, 0.717) is 6.42 Å². The van der Waals surface area contributed by atoms with Gasteiger partial charge in [0, 0.05) is 18.7 Å². The molecule has 0 radical (unpaired) electrons. The van der Waals surface area contributed by atoms with E-state index in [1.165, 1.54) is 0 Å². The molecule has 0 N–H and O–H groups in total. The Bertz CT molecular complexity index is 195. The van der Waals surface area contributed by atoms with Crippen LogP contribution >= 0.6 is 0 Å². The van der Waals surface area contributed by atoms with Gasteiger partial charge in [0.25, 0.3) is 0 Å². The molecule has 0 fully saturated rings. The van der Waals surface area contributed by atoms with Crippen molar-refractivity contribution in [2.75, 3.05) is 26.2 Å². The lowest BCUT2D eigenvalue weighted by atomic mass is 10.2. The molecule has 0 aromatic rings. The molecular formula is C11H22N2O. The van der Waals surface area contributed by atoms with Crippen LogP contribution in [0.1, 0.15) is 34.1 Å². The molecule has 0 atom stereocenters. The highest BCUT2D eigenvalue weighted by atomic mass is 16.1. The van der Waals surface area contributed by atoms with Crippen LogP contribution < -0.4 is 0 Å². The molecule has 3 heteroatoms. The second-order valence-corrected chi connectivity index (χ2v) is 3.52. The van der Waals surface area contributed by atoms with Crippen LogP contribution in [0.3, 0.4) is 0 Å². The van der Waals surface area contributed by atoms with Crippen LogP contribution in [-0.2, 0) is 4.79 Å². The lowest BCUT2D eigenvalue weighted by Crippen LogP contribution is -2.25. The summed E-state index contributed by atoms with van der Waals surface area (Å²) in [5.41, 5.74) is 0.949. The van der Waals surface area contributed by atoms with Crippen molar-refractivity contribution in [3.63, 3.8) is 0 Å². The molecule has 82 valence electrons. The van der Waals surface area contributed by atoms with Crippen LogP contribution in [0.5, 0.6) is 0 Å². The molecule has 0 saturated heterocycles. The van der Waals surface area contributed by atoms with Gasteiger partial charge in [0.1, 0.15) is 5.78 Å². The number of rotatable bonds is 7. The number of Topliss-reactive ketones (excluding diaryl/α,β-unsaturated/α-hetero) is 1. The summed E-state index contributed by atoms with van der Waals surface area (Å²) in [5, 5.41) is 0. The predicted molar refractivity (Wildman–Crippen MR) is 61.1 cm³/mol. The van der Waals surface area contributed by atoms with Gasteiger partial charge in [-0.25, -0.2) is 0 Å². The van der Waals surface area contributed by atoms with E-state index in [1.54, 1.807) is 6.92 Å². The minimum atomic E-state index is 0.189. The molecule has 0 heterocycles. The average Bonchev–Trinajstić information content (AvgIpc) is 2.11. The van der Waals surface area contributed by atoms with Gasteiger partial charge in [-0.15, -0.1) is 0 Å². The maximum Gasteiger partial charge on any atom is 0.135 e. The average molecular weight is 198 g/mol. The highest BCUT2D eigenvalue weighted by Crippen LogP contribution is 1.91. The highest BCUT2D eigenvalue weighted by molar-refractivity contribution is 5.99. The highest BCUT2D eigenvalue weighted by Gasteiger charge is 1.98. The monoisotopic (exact) mass is 198 g/mol. The number of likely N-dealkylation sites (N-methyl/N-ethyl adjacent to an activating group) is 1. The van der Waals surface area contributed by atoms with Gasteiger partial charge in [-0.1, -0.05) is 13.8 Å². The number of hydrogen-bond donors (Lipinski definition) is 0. The van der Waals surface area contributed by atoms with Crippen molar-refractivity contribution >= 4 is 11.5 Å². The van der Waals surface area contributed by atoms with Crippen molar-refractivity contribution in [2.24, 2.45) is 4.99 Å². The Morgan fingerprint density at radius 1 is 1.21 bits per heavy atom. The maximum atomic E-state index is 10.8. The Hall–Kier alpha value is -0.700. The van der Waals surface area contributed by atoms with Crippen molar-refractivity contribution in [2.45, 2.75) is 34.1 Å². The first-order valence-corrected chi connectivity index (χ1v) is 5.31. The van der Waals surface area contributed by atoms with Gasteiger partial charge in [0.05, 0.1) is 6.54 Å². The van der Waals surface area contributed by atoms with Crippen molar-refractivity contribution in [1.29, 1.82) is 0 Å². The summed E-state index contributed by atoms with van der Waals surface area (Å²) in [4.78, 5) is 17.5. The molecule has 0 aliphatic carbocycles. The summed E-state index contributed by atoms with van der Waals surface area (Å²) in [6, 6.07) is 0. The fourth-order valence-electron chi connectivity index (χ4n) is 1.34. The Morgan fingerprint density at radius 2 is 1.79 bits per heavy atom. The van der Waals surface area contributed by atoms with E-state index >= 15 is 0 Å². The van der Waals surface area contributed by atoms with E-state index in [2.05, 4.69) is 23.7 Å². The van der Waals surface area contributed by atoms with Crippen LogP contribution in [0.15, 0.2) is 4.99 Å². The second kappa shape index (κ2) is 7.68. The van der Waals surface area contributed by atoms with Crippen LogP contribution in [0.25, 0.3) is 0 Å². The van der Waals surface area contributed by atoms with Crippen LogP contribution in [0, 0.1) is 0 Å². The van der Waals surface area contributed by atoms with Gasteiger partial charge in [0.15, 0.2) is 0 Å². The van der Waals surface area contributed by atoms with E-state index in [1.807, 2.05) is 6.92 Å². The minimum absolute atomic E-state index is 0.189.